The molecule has 1 saturated heterocycles. The van der Waals surface area contributed by atoms with E-state index >= 15 is 0 Å². The fourth-order valence-corrected chi connectivity index (χ4v) is 2.49. The van der Waals surface area contributed by atoms with Crippen molar-refractivity contribution >= 4 is 5.91 Å². The number of nitrogens with zero attached hydrogens (tertiary/aromatic N) is 1. The molecule has 0 aromatic carbocycles. The van der Waals surface area contributed by atoms with Gasteiger partial charge in [-0.05, 0) is 58.8 Å². The molecule has 1 amide bonds. The molecule has 2 heterocycles. The number of amides is 1. The molecule has 0 spiro atoms. The minimum absolute atomic E-state index is 0.0827. The molecule has 1 aromatic rings. The number of carbonyl (C=O) groups excluding carboxylic acids is 1. The van der Waals surface area contributed by atoms with E-state index in [-0.39, 0.29) is 24.2 Å². The second-order valence-electron chi connectivity index (χ2n) is 6.48. The number of carbonyl (C=O) groups is 1. The molecule has 1 atom stereocenters. The van der Waals surface area contributed by atoms with Crippen molar-refractivity contribution in [2.75, 3.05) is 26.2 Å². The van der Waals surface area contributed by atoms with Crippen LogP contribution in [0.25, 0.3) is 0 Å². The van der Waals surface area contributed by atoms with Gasteiger partial charge in [-0.2, -0.15) is 0 Å². The fraction of sp³-hybridized carbons (Fsp3) is 0.688. The average molecular weight is 294 g/mol. The van der Waals surface area contributed by atoms with E-state index in [1.807, 2.05) is 32.9 Å². The highest BCUT2D eigenvalue weighted by atomic mass is 16.5. The van der Waals surface area contributed by atoms with Gasteiger partial charge < -0.3 is 14.5 Å². The molecule has 1 aliphatic rings. The summed E-state index contributed by atoms with van der Waals surface area (Å²) in [5.41, 5.74) is -0.299. The lowest BCUT2D eigenvalue weighted by atomic mass is 10.2. The van der Waals surface area contributed by atoms with Gasteiger partial charge in [-0.1, -0.05) is 0 Å². The Labute approximate surface area is 126 Å². The Morgan fingerprint density at radius 1 is 1.43 bits per heavy atom. The third-order valence-electron chi connectivity index (χ3n) is 3.58. The second-order valence-corrected chi connectivity index (χ2v) is 6.48. The highest BCUT2D eigenvalue weighted by molar-refractivity contribution is 5.77. The zero-order valence-corrected chi connectivity index (χ0v) is 13.2. The Balaban J connectivity index is 1.86. The van der Waals surface area contributed by atoms with Crippen molar-refractivity contribution in [2.45, 2.75) is 45.3 Å². The number of furan rings is 1. The van der Waals surface area contributed by atoms with Crippen molar-refractivity contribution < 1.29 is 13.9 Å². The Bertz CT molecular complexity index is 431. The smallest absolute Gasteiger partial charge is 0.246 e. The molecule has 0 radical (unpaired) electrons. The summed E-state index contributed by atoms with van der Waals surface area (Å²) in [7, 11) is 0. The number of rotatable bonds is 6. The van der Waals surface area contributed by atoms with Crippen molar-refractivity contribution in [1.82, 2.24) is 10.2 Å². The van der Waals surface area contributed by atoms with Gasteiger partial charge in [-0.25, -0.2) is 0 Å². The van der Waals surface area contributed by atoms with Crippen molar-refractivity contribution in [1.29, 1.82) is 0 Å². The van der Waals surface area contributed by atoms with E-state index in [0.29, 0.717) is 6.54 Å². The highest BCUT2D eigenvalue weighted by Crippen LogP contribution is 2.24. The molecule has 1 aliphatic heterocycles. The predicted molar refractivity (Wildman–Crippen MR) is 81.0 cm³/mol. The Morgan fingerprint density at radius 3 is 2.71 bits per heavy atom. The lowest BCUT2D eigenvalue weighted by Crippen LogP contribution is -2.39. The van der Waals surface area contributed by atoms with Gasteiger partial charge in [0.25, 0.3) is 0 Å². The van der Waals surface area contributed by atoms with Crippen LogP contribution in [0.5, 0.6) is 0 Å². The summed E-state index contributed by atoms with van der Waals surface area (Å²) < 4.78 is 11.0. The quantitative estimate of drug-likeness (QED) is 0.875. The highest BCUT2D eigenvalue weighted by Gasteiger charge is 2.26. The number of hydrogen-bond acceptors (Lipinski definition) is 4. The normalized spacial score (nSPS) is 17.9. The molecular weight excluding hydrogens is 268 g/mol. The molecule has 0 saturated carbocycles. The van der Waals surface area contributed by atoms with E-state index in [9.17, 15) is 4.79 Å². The topological polar surface area (TPSA) is 54.7 Å². The van der Waals surface area contributed by atoms with Gasteiger partial charge in [0.2, 0.25) is 5.91 Å². The van der Waals surface area contributed by atoms with Crippen LogP contribution < -0.4 is 5.32 Å². The molecule has 1 unspecified atom stereocenters. The molecule has 2 rings (SSSR count). The van der Waals surface area contributed by atoms with Crippen LogP contribution in [0.4, 0.5) is 0 Å². The van der Waals surface area contributed by atoms with Crippen molar-refractivity contribution in [3.05, 3.63) is 24.2 Å². The van der Waals surface area contributed by atoms with Crippen LogP contribution in [0.3, 0.4) is 0 Å². The van der Waals surface area contributed by atoms with E-state index < -0.39 is 0 Å². The summed E-state index contributed by atoms with van der Waals surface area (Å²) in [6.07, 6.45) is 4.10. The van der Waals surface area contributed by atoms with Gasteiger partial charge in [-0.3, -0.25) is 9.69 Å². The molecule has 21 heavy (non-hydrogen) atoms. The van der Waals surface area contributed by atoms with Gasteiger partial charge >= 0.3 is 0 Å². The molecular formula is C16H26N2O3. The van der Waals surface area contributed by atoms with Crippen molar-refractivity contribution in [3.8, 4) is 0 Å². The van der Waals surface area contributed by atoms with Crippen LogP contribution in [-0.2, 0) is 9.53 Å². The first-order valence-corrected chi connectivity index (χ1v) is 7.64. The summed E-state index contributed by atoms with van der Waals surface area (Å²) in [5, 5.41) is 2.95. The Morgan fingerprint density at radius 2 is 2.14 bits per heavy atom. The molecule has 5 nitrogen and oxygen atoms in total. The van der Waals surface area contributed by atoms with E-state index in [4.69, 9.17) is 9.15 Å². The van der Waals surface area contributed by atoms with Gasteiger partial charge in [-0.15, -0.1) is 0 Å². The third-order valence-corrected chi connectivity index (χ3v) is 3.58. The van der Waals surface area contributed by atoms with E-state index in [2.05, 4.69) is 10.2 Å². The predicted octanol–water partition coefficient (Wildman–Crippen LogP) is 2.35. The van der Waals surface area contributed by atoms with Gasteiger partial charge in [0.15, 0.2) is 0 Å². The number of nitrogens with one attached hydrogen (secondary N) is 1. The first-order valence-electron chi connectivity index (χ1n) is 7.64. The maximum atomic E-state index is 11.9. The summed E-state index contributed by atoms with van der Waals surface area (Å²) in [6, 6.07) is 3.98. The SMILES string of the molecule is CC(C)(C)OCC(=O)NCC(c1ccco1)N1CCCC1. The van der Waals surface area contributed by atoms with Crippen LogP contribution in [0.1, 0.15) is 45.4 Å². The zero-order valence-electron chi connectivity index (χ0n) is 13.2. The van der Waals surface area contributed by atoms with Gasteiger partial charge in [0.05, 0.1) is 17.9 Å². The molecule has 118 valence electrons. The molecule has 0 bridgehead atoms. The standard InChI is InChI=1S/C16H26N2O3/c1-16(2,3)21-12-15(19)17-11-13(14-7-6-10-20-14)18-8-4-5-9-18/h6-7,10,13H,4-5,8-9,11-12H2,1-3H3,(H,17,19). The fourth-order valence-electron chi connectivity index (χ4n) is 2.49. The third kappa shape index (κ3) is 5.17. The maximum absolute atomic E-state index is 11.9. The summed E-state index contributed by atoms with van der Waals surface area (Å²) in [6.45, 7) is 8.58. The average Bonchev–Trinajstić information content (AvgIpc) is 3.09. The van der Waals surface area contributed by atoms with Gasteiger partial charge in [0.1, 0.15) is 12.4 Å². The van der Waals surface area contributed by atoms with E-state index in [0.717, 1.165) is 18.8 Å². The zero-order chi connectivity index (χ0) is 15.3. The van der Waals surface area contributed by atoms with E-state index in [1.165, 1.54) is 12.8 Å². The number of likely N-dealkylation sites (tertiary alicyclic amines) is 1. The van der Waals surface area contributed by atoms with Crippen LogP contribution in [-0.4, -0.2) is 42.6 Å². The summed E-state index contributed by atoms with van der Waals surface area (Å²) >= 11 is 0. The van der Waals surface area contributed by atoms with Crippen molar-refractivity contribution in [3.63, 3.8) is 0 Å². The molecule has 5 heteroatoms. The largest absolute Gasteiger partial charge is 0.468 e. The summed E-state index contributed by atoms with van der Waals surface area (Å²) in [5.74, 6) is 0.828. The van der Waals surface area contributed by atoms with E-state index in [1.54, 1.807) is 6.26 Å². The number of ether oxygens (including phenoxy) is 1. The maximum Gasteiger partial charge on any atom is 0.246 e. The van der Waals surface area contributed by atoms with Crippen LogP contribution >= 0.6 is 0 Å². The monoisotopic (exact) mass is 294 g/mol. The number of hydrogen-bond donors (Lipinski definition) is 1. The summed E-state index contributed by atoms with van der Waals surface area (Å²) in [4.78, 5) is 14.3. The van der Waals surface area contributed by atoms with Crippen LogP contribution in [0.2, 0.25) is 0 Å². The molecule has 1 N–H and O–H groups in total. The Hall–Kier alpha value is -1.33. The van der Waals surface area contributed by atoms with Crippen molar-refractivity contribution in [2.24, 2.45) is 0 Å². The molecule has 0 aliphatic carbocycles. The van der Waals surface area contributed by atoms with Crippen LogP contribution in [0, 0.1) is 0 Å². The minimum atomic E-state index is -0.299. The second kappa shape index (κ2) is 7.09. The first-order chi connectivity index (χ1) is 9.96. The molecule has 1 fully saturated rings. The first kappa shape index (κ1) is 16.0. The lowest BCUT2D eigenvalue weighted by Gasteiger charge is -2.26. The van der Waals surface area contributed by atoms with Gasteiger partial charge in [0, 0.05) is 6.54 Å². The lowest BCUT2D eigenvalue weighted by molar-refractivity contribution is -0.130. The van der Waals surface area contributed by atoms with Crippen LogP contribution in [0.15, 0.2) is 22.8 Å². The minimum Gasteiger partial charge on any atom is -0.468 e. The molecule has 1 aromatic heterocycles. The Kier molecular flexibility index (Phi) is 5.42.